The second-order valence-corrected chi connectivity index (χ2v) is 3.97. The molecular weight excluding hydrogens is 244 g/mol. The summed E-state index contributed by atoms with van der Waals surface area (Å²) < 4.78 is 10.5. The monoisotopic (exact) mass is 260 g/mol. The Morgan fingerprint density at radius 1 is 1.42 bits per heavy atom. The first-order valence-electron chi connectivity index (χ1n) is 6.09. The van der Waals surface area contributed by atoms with Crippen LogP contribution in [0.1, 0.15) is 28.8 Å². The molecule has 0 radical (unpaired) electrons. The molecule has 2 aromatic heterocycles. The van der Waals surface area contributed by atoms with Crippen LogP contribution in [-0.2, 0) is 13.0 Å². The highest BCUT2D eigenvalue weighted by molar-refractivity contribution is 5.91. The predicted octanol–water partition coefficient (Wildman–Crippen LogP) is 2.18. The van der Waals surface area contributed by atoms with Crippen molar-refractivity contribution in [1.82, 2.24) is 10.3 Å². The van der Waals surface area contributed by atoms with Crippen LogP contribution in [0.2, 0.25) is 0 Å². The van der Waals surface area contributed by atoms with Crippen molar-refractivity contribution in [2.45, 2.75) is 19.9 Å². The van der Waals surface area contributed by atoms with E-state index in [2.05, 4.69) is 10.3 Å². The van der Waals surface area contributed by atoms with Gasteiger partial charge in [-0.25, -0.2) is 4.98 Å². The number of amides is 1. The number of carbonyl (C=O) groups is 1. The van der Waals surface area contributed by atoms with Gasteiger partial charge in [0.1, 0.15) is 5.76 Å². The minimum Gasteiger partial charge on any atom is -0.481 e. The first-order valence-corrected chi connectivity index (χ1v) is 6.09. The maximum Gasteiger partial charge on any atom is 0.287 e. The van der Waals surface area contributed by atoms with E-state index in [1.165, 1.54) is 0 Å². The quantitative estimate of drug-likeness (QED) is 0.894. The Morgan fingerprint density at radius 2 is 2.26 bits per heavy atom. The third-order valence-electron chi connectivity index (χ3n) is 2.72. The van der Waals surface area contributed by atoms with E-state index < -0.39 is 0 Å². The van der Waals surface area contributed by atoms with Gasteiger partial charge in [-0.05, 0) is 18.2 Å². The zero-order valence-electron chi connectivity index (χ0n) is 11.0. The number of pyridine rings is 1. The van der Waals surface area contributed by atoms with Gasteiger partial charge in [0, 0.05) is 24.7 Å². The maximum atomic E-state index is 11.9. The second-order valence-electron chi connectivity index (χ2n) is 3.97. The summed E-state index contributed by atoms with van der Waals surface area (Å²) in [5.41, 5.74) is 0.820. The van der Waals surface area contributed by atoms with Gasteiger partial charge in [0.15, 0.2) is 5.76 Å². The topological polar surface area (TPSA) is 64.4 Å². The van der Waals surface area contributed by atoms with Crippen molar-refractivity contribution < 1.29 is 13.9 Å². The minimum absolute atomic E-state index is 0.245. The van der Waals surface area contributed by atoms with E-state index >= 15 is 0 Å². The average molecular weight is 260 g/mol. The molecule has 5 heteroatoms. The molecule has 0 saturated heterocycles. The van der Waals surface area contributed by atoms with E-state index in [1.54, 1.807) is 31.5 Å². The highest BCUT2D eigenvalue weighted by Crippen LogP contribution is 2.13. The third kappa shape index (κ3) is 3.13. The van der Waals surface area contributed by atoms with Crippen molar-refractivity contribution in [2.24, 2.45) is 0 Å². The molecule has 1 amide bonds. The van der Waals surface area contributed by atoms with Crippen LogP contribution in [0.3, 0.4) is 0 Å². The molecule has 0 aliphatic rings. The summed E-state index contributed by atoms with van der Waals surface area (Å²) in [5.74, 6) is 1.38. The molecule has 0 unspecified atom stereocenters. The van der Waals surface area contributed by atoms with Crippen molar-refractivity contribution >= 4 is 5.91 Å². The van der Waals surface area contributed by atoms with Gasteiger partial charge in [-0.1, -0.05) is 13.0 Å². The Labute approximate surface area is 111 Å². The number of hydrogen-bond donors (Lipinski definition) is 1. The molecule has 0 atom stereocenters. The van der Waals surface area contributed by atoms with Gasteiger partial charge in [-0.15, -0.1) is 0 Å². The number of carbonyl (C=O) groups excluding carboxylic acids is 1. The highest BCUT2D eigenvalue weighted by Gasteiger charge is 2.11. The van der Waals surface area contributed by atoms with Gasteiger partial charge in [0.2, 0.25) is 5.88 Å². The van der Waals surface area contributed by atoms with E-state index in [4.69, 9.17) is 9.15 Å². The molecule has 0 saturated carbocycles. The molecule has 2 heterocycles. The van der Waals surface area contributed by atoms with Crippen molar-refractivity contribution in [1.29, 1.82) is 0 Å². The summed E-state index contributed by atoms with van der Waals surface area (Å²) in [6, 6.07) is 7.13. The van der Waals surface area contributed by atoms with E-state index in [9.17, 15) is 4.79 Å². The summed E-state index contributed by atoms with van der Waals surface area (Å²) in [5, 5.41) is 2.77. The second kappa shape index (κ2) is 6.04. The Kier molecular flexibility index (Phi) is 4.18. The predicted molar refractivity (Wildman–Crippen MR) is 70.0 cm³/mol. The van der Waals surface area contributed by atoms with Crippen molar-refractivity contribution in [3.8, 4) is 5.88 Å². The van der Waals surface area contributed by atoms with Crippen molar-refractivity contribution in [3.63, 3.8) is 0 Å². The lowest BCUT2D eigenvalue weighted by molar-refractivity contribution is 0.0921. The van der Waals surface area contributed by atoms with E-state index in [-0.39, 0.29) is 5.91 Å². The molecule has 0 fully saturated rings. The van der Waals surface area contributed by atoms with E-state index in [1.807, 2.05) is 13.0 Å². The Morgan fingerprint density at radius 3 is 2.95 bits per heavy atom. The molecule has 1 N–H and O–H groups in total. The molecule has 19 heavy (non-hydrogen) atoms. The molecule has 100 valence electrons. The van der Waals surface area contributed by atoms with Crippen molar-refractivity contribution in [2.75, 3.05) is 7.11 Å². The zero-order chi connectivity index (χ0) is 13.7. The highest BCUT2D eigenvalue weighted by atomic mass is 16.5. The number of hydrogen-bond acceptors (Lipinski definition) is 4. The Balaban J connectivity index is 2.00. The van der Waals surface area contributed by atoms with Crippen LogP contribution < -0.4 is 10.1 Å². The largest absolute Gasteiger partial charge is 0.481 e. The number of aryl methyl sites for hydroxylation is 1. The number of furan rings is 1. The SMILES string of the molecule is CCc1ccc(C(=O)NCc2cccnc2OC)o1. The zero-order valence-corrected chi connectivity index (χ0v) is 11.0. The molecule has 0 aliphatic carbocycles. The van der Waals surface area contributed by atoms with Crippen LogP contribution in [0, 0.1) is 0 Å². The van der Waals surface area contributed by atoms with Gasteiger partial charge < -0.3 is 14.5 Å². The Bertz CT molecular complexity index is 563. The van der Waals surface area contributed by atoms with Gasteiger partial charge in [0.05, 0.1) is 7.11 Å². The fraction of sp³-hybridized carbons (Fsp3) is 0.286. The van der Waals surface area contributed by atoms with Crippen molar-refractivity contribution in [3.05, 3.63) is 47.5 Å². The lowest BCUT2D eigenvalue weighted by Gasteiger charge is -2.07. The average Bonchev–Trinajstić information content (AvgIpc) is 2.94. The number of aromatic nitrogens is 1. The van der Waals surface area contributed by atoms with Gasteiger partial charge in [0.25, 0.3) is 5.91 Å². The van der Waals surface area contributed by atoms with Crippen LogP contribution >= 0.6 is 0 Å². The number of nitrogens with one attached hydrogen (secondary N) is 1. The summed E-state index contributed by atoms with van der Waals surface area (Å²) in [4.78, 5) is 15.9. The molecule has 0 aliphatic heterocycles. The van der Waals surface area contributed by atoms with Gasteiger partial charge in [-0.3, -0.25) is 4.79 Å². The van der Waals surface area contributed by atoms with Crippen LogP contribution in [0.25, 0.3) is 0 Å². The molecule has 0 spiro atoms. The molecule has 0 aromatic carbocycles. The van der Waals surface area contributed by atoms with Gasteiger partial charge in [-0.2, -0.15) is 0 Å². The third-order valence-corrected chi connectivity index (χ3v) is 2.72. The van der Waals surface area contributed by atoms with Gasteiger partial charge >= 0.3 is 0 Å². The molecule has 2 aromatic rings. The fourth-order valence-corrected chi connectivity index (χ4v) is 1.70. The summed E-state index contributed by atoms with van der Waals surface area (Å²) in [6.45, 7) is 2.32. The fourth-order valence-electron chi connectivity index (χ4n) is 1.70. The van der Waals surface area contributed by atoms with Crippen LogP contribution in [0.5, 0.6) is 5.88 Å². The molecule has 5 nitrogen and oxygen atoms in total. The van der Waals surface area contributed by atoms with Crippen LogP contribution in [0.15, 0.2) is 34.9 Å². The van der Waals surface area contributed by atoms with E-state index in [0.717, 1.165) is 17.7 Å². The normalized spacial score (nSPS) is 10.2. The standard InChI is InChI=1S/C14H16N2O3/c1-3-11-6-7-12(19-11)13(17)16-9-10-5-4-8-15-14(10)18-2/h4-8H,3,9H2,1-2H3,(H,16,17). The summed E-state index contributed by atoms with van der Waals surface area (Å²) >= 11 is 0. The first kappa shape index (κ1) is 13.1. The molecule has 2 rings (SSSR count). The Hall–Kier alpha value is -2.30. The lowest BCUT2D eigenvalue weighted by atomic mass is 10.2. The smallest absolute Gasteiger partial charge is 0.287 e. The lowest BCUT2D eigenvalue weighted by Crippen LogP contribution is -2.22. The van der Waals surface area contributed by atoms with E-state index in [0.29, 0.717) is 18.2 Å². The summed E-state index contributed by atoms with van der Waals surface area (Å²) in [7, 11) is 1.55. The summed E-state index contributed by atoms with van der Waals surface area (Å²) in [6.07, 6.45) is 2.41. The molecule has 0 bridgehead atoms. The number of nitrogens with zero attached hydrogens (tertiary/aromatic N) is 1. The number of methoxy groups -OCH3 is 1. The maximum absolute atomic E-state index is 11.9. The minimum atomic E-state index is -0.245. The van der Waals surface area contributed by atoms with Crippen LogP contribution in [-0.4, -0.2) is 18.0 Å². The number of ether oxygens (including phenoxy) is 1. The number of rotatable bonds is 5. The molecular formula is C14H16N2O3. The first-order chi connectivity index (χ1) is 9.24. The van der Waals surface area contributed by atoms with Crippen LogP contribution in [0.4, 0.5) is 0 Å².